The highest BCUT2D eigenvalue weighted by atomic mass is 32.1. The Bertz CT molecular complexity index is 549. The molecule has 1 amide bonds. The summed E-state index contributed by atoms with van der Waals surface area (Å²) < 4.78 is 37.6. The van der Waals surface area contributed by atoms with Crippen molar-refractivity contribution in [2.45, 2.75) is 25.9 Å². The number of halogens is 3. The maximum absolute atomic E-state index is 12.5. The van der Waals surface area contributed by atoms with Crippen molar-refractivity contribution < 1.29 is 18.0 Å². The number of alkyl halides is 3. The lowest BCUT2D eigenvalue weighted by molar-refractivity contribution is -0.146. The molecule has 1 aliphatic rings. The summed E-state index contributed by atoms with van der Waals surface area (Å²) in [5.74, 6) is -0.0747. The first-order valence-electron chi connectivity index (χ1n) is 8.05. The predicted octanol–water partition coefficient (Wildman–Crippen LogP) is 1.99. The summed E-state index contributed by atoms with van der Waals surface area (Å²) in [6, 6.07) is 0. The van der Waals surface area contributed by atoms with Crippen molar-refractivity contribution in [1.82, 2.24) is 14.8 Å². The number of amides is 1. The highest BCUT2D eigenvalue weighted by molar-refractivity contribution is 7.09. The maximum atomic E-state index is 12.5. The summed E-state index contributed by atoms with van der Waals surface area (Å²) in [5, 5.41) is 2.56. The van der Waals surface area contributed by atoms with Gasteiger partial charge in [-0.25, -0.2) is 4.98 Å². The SMILES string of the molecule is CCN(CC1CCN(C(=O)c2csc(CCN)n2)C1)CC(F)(F)F. The molecule has 1 aromatic heterocycles. The van der Waals surface area contributed by atoms with Gasteiger partial charge in [0, 0.05) is 31.4 Å². The summed E-state index contributed by atoms with van der Waals surface area (Å²) in [6.45, 7) is 3.06. The van der Waals surface area contributed by atoms with Crippen molar-refractivity contribution in [3.05, 3.63) is 16.1 Å². The summed E-state index contributed by atoms with van der Waals surface area (Å²) in [5.41, 5.74) is 5.89. The molecule has 1 aromatic rings. The standard InChI is InChI=1S/C15H23F3N4OS/c1-2-21(10-15(16,17)18)7-11-4-6-22(8-11)14(23)12-9-24-13(20-12)3-5-19/h9,11H,2-8,10,19H2,1H3. The Labute approximate surface area is 143 Å². The zero-order chi connectivity index (χ0) is 17.7. The molecule has 1 fully saturated rings. The second kappa shape index (κ2) is 8.26. The van der Waals surface area contributed by atoms with Gasteiger partial charge in [-0.05, 0) is 25.4 Å². The van der Waals surface area contributed by atoms with Gasteiger partial charge in [-0.2, -0.15) is 13.2 Å². The number of thiazole rings is 1. The molecule has 1 unspecified atom stereocenters. The first-order chi connectivity index (χ1) is 11.3. The lowest BCUT2D eigenvalue weighted by atomic mass is 10.1. The van der Waals surface area contributed by atoms with E-state index in [9.17, 15) is 18.0 Å². The van der Waals surface area contributed by atoms with Crippen LogP contribution < -0.4 is 5.73 Å². The van der Waals surface area contributed by atoms with E-state index in [0.717, 1.165) is 11.4 Å². The van der Waals surface area contributed by atoms with Gasteiger partial charge in [0.05, 0.1) is 11.6 Å². The average molecular weight is 364 g/mol. The molecule has 2 heterocycles. The van der Waals surface area contributed by atoms with Gasteiger partial charge in [0.15, 0.2) is 0 Å². The summed E-state index contributed by atoms with van der Waals surface area (Å²) >= 11 is 1.41. The number of carbonyl (C=O) groups is 1. The number of hydrogen-bond donors (Lipinski definition) is 1. The van der Waals surface area contributed by atoms with Gasteiger partial charge in [0.2, 0.25) is 0 Å². The Hall–Kier alpha value is -1.19. The third-order valence-corrected chi connectivity index (χ3v) is 4.98. The van der Waals surface area contributed by atoms with Gasteiger partial charge in [-0.15, -0.1) is 11.3 Å². The smallest absolute Gasteiger partial charge is 0.337 e. The first-order valence-corrected chi connectivity index (χ1v) is 8.93. The minimum absolute atomic E-state index is 0.0680. The van der Waals surface area contributed by atoms with Gasteiger partial charge in [0.25, 0.3) is 5.91 Å². The van der Waals surface area contributed by atoms with E-state index >= 15 is 0 Å². The van der Waals surface area contributed by atoms with E-state index in [-0.39, 0.29) is 11.8 Å². The molecule has 9 heteroatoms. The van der Waals surface area contributed by atoms with E-state index in [2.05, 4.69) is 4.98 Å². The Morgan fingerprint density at radius 1 is 1.54 bits per heavy atom. The van der Waals surface area contributed by atoms with E-state index in [1.165, 1.54) is 16.2 Å². The minimum atomic E-state index is -4.19. The maximum Gasteiger partial charge on any atom is 0.401 e. The Kier molecular flexibility index (Phi) is 6.59. The minimum Gasteiger partial charge on any atom is -0.337 e. The average Bonchev–Trinajstić information content (AvgIpc) is 3.14. The van der Waals surface area contributed by atoms with Crippen LogP contribution in [-0.4, -0.2) is 66.1 Å². The quantitative estimate of drug-likeness (QED) is 0.804. The number of likely N-dealkylation sites (tertiary alicyclic amines) is 1. The fourth-order valence-corrected chi connectivity index (χ4v) is 3.69. The molecular formula is C15H23F3N4OS. The zero-order valence-corrected chi connectivity index (χ0v) is 14.5. The number of carbonyl (C=O) groups excluding carboxylic acids is 1. The van der Waals surface area contributed by atoms with E-state index in [4.69, 9.17) is 5.73 Å². The van der Waals surface area contributed by atoms with Crippen LogP contribution in [-0.2, 0) is 6.42 Å². The monoisotopic (exact) mass is 364 g/mol. The molecule has 5 nitrogen and oxygen atoms in total. The molecule has 0 radical (unpaired) electrons. The van der Waals surface area contributed by atoms with Crippen LogP contribution in [0, 0.1) is 5.92 Å². The summed E-state index contributed by atoms with van der Waals surface area (Å²) in [7, 11) is 0. The van der Waals surface area contributed by atoms with Crippen LogP contribution in [0.5, 0.6) is 0 Å². The van der Waals surface area contributed by atoms with Crippen LogP contribution in [0.3, 0.4) is 0 Å². The topological polar surface area (TPSA) is 62.5 Å². The predicted molar refractivity (Wildman–Crippen MR) is 87.1 cm³/mol. The molecule has 1 atom stereocenters. The lowest BCUT2D eigenvalue weighted by Gasteiger charge is -2.25. The molecule has 136 valence electrons. The van der Waals surface area contributed by atoms with Crippen LogP contribution in [0.2, 0.25) is 0 Å². The normalized spacial score (nSPS) is 18.6. The summed E-state index contributed by atoms with van der Waals surface area (Å²) in [6.07, 6.45) is -2.83. The van der Waals surface area contributed by atoms with E-state index < -0.39 is 12.7 Å². The molecule has 0 aliphatic carbocycles. The fraction of sp³-hybridized carbons (Fsp3) is 0.733. The molecule has 1 aliphatic heterocycles. The number of hydrogen-bond acceptors (Lipinski definition) is 5. The lowest BCUT2D eigenvalue weighted by Crippen LogP contribution is -2.38. The largest absolute Gasteiger partial charge is 0.401 e. The molecule has 1 saturated heterocycles. The van der Waals surface area contributed by atoms with Crippen molar-refractivity contribution in [2.24, 2.45) is 11.7 Å². The second-order valence-electron chi connectivity index (χ2n) is 6.01. The van der Waals surface area contributed by atoms with Crippen molar-refractivity contribution in [2.75, 3.05) is 39.3 Å². The number of rotatable bonds is 7. The molecule has 2 N–H and O–H groups in total. The van der Waals surface area contributed by atoms with Gasteiger partial charge in [-0.1, -0.05) is 6.92 Å². The Balaban J connectivity index is 1.88. The number of nitrogens with zero attached hydrogens (tertiary/aromatic N) is 3. The molecule has 0 bridgehead atoms. The zero-order valence-electron chi connectivity index (χ0n) is 13.7. The van der Waals surface area contributed by atoms with Crippen LogP contribution in [0.25, 0.3) is 0 Å². The molecule has 0 aromatic carbocycles. The van der Waals surface area contributed by atoms with E-state index in [0.29, 0.717) is 44.8 Å². The fourth-order valence-electron chi connectivity index (χ4n) is 2.90. The van der Waals surface area contributed by atoms with E-state index in [1.54, 1.807) is 17.2 Å². The van der Waals surface area contributed by atoms with Crippen molar-refractivity contribution in [3.63, 3.8) is 0 Å². The van der Waals surface area contributed by atoms with Crippen molar-refractivity contribution >= 4 is 17.2 Å². The van der Waals surface area contributed by atoms with Gasteiger partial charge in [0.1, 0.15) is 5.69 Å². The molecule has 0 spiro atoms. The van der Waals surface area contributed by atoms with Crippen LogP contribution >= 0.6 is 11.3 Å². The van der Waals surface area contributed by atoms with Gasteiger partial charge < -0.3 is 10.6 Å². The van der Waals surface area contributed by atoms with Crippen molar-refractivity contribution in [1.29, 1.82) is 0 Å². The highest BCUT2D eigenvalue weighted by Gasteiger charge is 2.33. The second-order valence-corrected chi connectivity index (χ2v) is 6.96. The summed E-state index contributed by atoms with van der Waals surface area (Å²) in [4.78, 5) is 19.8. The third kappa shape index (κ3) is 5.42. The molecule has 24 heavy (non-hydrogen) atoms. The Morgan fingerprint density at radius 2 is 2.29 bits per heavy atom. The first kappa shape index (κ1) is 19.1. The highest BCUT2D eigenvalue weighted by Crippen LogP contribution is 2.23. The molecule has 0 saturated carbocycles. The number of nitrogens with two attached hydrogens (primary N) is 1. The molecule has 2 rings (SSSR count). The van der Waals surface area contributed by atoms with Gasteiger partial charge in [-0.3, -0.25) is 9.69 Å². The van der Waals surface area contributed by atoms with E-state index in [1.807, 2.05) is 0 Å². The van der Waals surface area contributed by atoms with Crippen LogP contribution in [0.15, 0.2) is 5.38 Å². The Morgan fingerprint density at radius 3 is 2.92 bits per heavy atom. The number of aromatic nitrogens is 1. The molecular weight excluding hydrogens is 341 g/mol. The van der Waals surface area contributed by atoms with Crippen molar-refractivity contribution in [3.8, 4) is 0 Å². The van der Waals surface area contributed by atoms with Crippen LogP contribution in [0.4, 0.5) is 13.2 Å². The van der Waals surface area contributed by atoms with Gasteiger partial charge >= 0.3 is 6.18 Å². The third-order valence-electron chi connectivity index (χ3n) is 4.07. The van der Waals surface area contributed by atoms with Crippen LogP contribution in [0.1, 0.15) is 28.8 Å².